The molecule has 0 aliphatic heterocycles. The first-order valence-electron chi connectivity index (χ1n) is 6.12. The number of aliphatic imine (C=N–C) groups is 1. The number of nitrogens with two attached hydrogens (primary N) is 1. The average Bonchev–Trinajstić information content (AvgIpc) is 2.33. The van der Waals surface area contributed by atoms with Crippen molar-refractivity contribution in [3.8, 4) is 0 Å². The van der Waals surface area contributed by atoms with Crippen LogP contribution in [0.25, 0.3) is 11.6 Å². The number of allylic oxidation sites excluding steroid dienone is 3. The highest BCUT2D eigenvalue weighted by Gasteiger charge is 2.10. The lowest BCUT2D eigenvalue weighted by Gasteiger charge is -2.09. The standard InChI is InChI=1S/C15H20N4/c1-6-8-14-10(3)18-12(5)19-15(14)13(7-2)9-17-11(4)16/h6-9H,4,16H2,1-3,5H3/b8-6+,13-7+,17-9?. The smallest absolute Gasteiger partial charge is 0.126 e. The Morgan fingerprint density at radius 2 is 1.95 bits per heavy atom. The second-order valence-electron chi connectivity index (χ2n) is 4.11. The zero-order valence-electron chi connectivity index (χ0n) is 11.9. The summed E-state index contributed by atoms with van der Waals surface area (Å²) in [5, 5.41) is 0. The largest absolute Gasteiger partial charge is 0.384 e. The summed E-state index contributed by atoms with van der Waals surface area (Å²) in [7, 11) is 0. The van der Waals surface area contributed by atoms with E-state index in [0.717, 1.165) is 28.3 Å². The molecular weight excluding hydrogens is 236 g/mol. The van der Waals surface area contributed by atoms with Gasteiger partial charge in [0.2, 0.25) is 0 Å². The maximum atomic E-state index is 5.46. The quantitative estimate of drug-likeness (QED) is 0.842. The van der Waals surface area contributed by atoms with Crippen molar-refractivity contribution in [3.63, 3.8) is 0 Å². The molecule has 0 bridgehead atoms. The van der Waals surface area contributed by atoms with E-state index in [4.69, 9.17) is 5.73 Å². The van der Waals surface area contributed by atoms with Crippen LogP contribution in [-0.2, 0) is 0 Å². The van der Waals surface area contributed by atoms with Crippen molar-refractivity contribution in [2.24, 2.45) is 10.7 Å². The zero-order chi connectivity index (χ0) is 14.4. The lowest BCUT2D eigenvalue weighted by Crippen LogP contribution is -2.03. The van der Waals surface area contributed by atoms with E-state index in [0.29, 0.717) is 0 Å². The lowest BCUT2D eigenvalue weighted by atomic mass is 10.0. The van der Waals surface area contributed by atoms with E-state index >= 15 is 0 Å². The van der Waals surface area contributed by atoms with Gasteiger partial charge in [-0.3, -0.25) is 0 Å². The van der Waals surface area contributed by atoms with Crippen LogP contribution in [0.3, 0.4) is 0 Å². The van der Waals surface area contributed by atoms with Crippen LogP contribution in [0, 0.1) is 13.8 Å². The van der Waals surface area contributed by atoms with E-state index in [1.54, 1.807) is 6.21 Å². The van der Waals surface area contributed by atoms with Crippen molar-refractivity contribution in [3.05, 3.63) is 47.3 Å². The predicted molar refractivity (Wildman–Crippen MR) is 81.7 cm³/mol. The SMILES string of the molecule is C=C(N)N=C/C(=C\C)c1nc(C)nc(C)c1/C=C/C. The van der Waals surface area contributed by atoms with Crippen LogP contribution in [-0.4, -0.2) is 16.2 Å². The van der Waals surface area contributed by atoms with Gasteiger partial charge in [0, 0.05) is 23.0 Å². The topological polar surface area (TPSA) is 64.2 Å². The molecule has 0 radical (unpaired) electrons. The van der Waals surface area contributed by atoms with Gasteiger partial charge in [0.15, 0.2) is 0 Å². The van der Waals surface area contributed by atoms with Crippen LogP contribution in [0.2, 0.25) is 0 Å². The Kier molecular flexibility index (Phi) is 5.18. The van der Waals surface area contributed by atoms with Gasteiger partial charge < -0.3 is 5.73 Å². The summed E-state index contributed by atoms with van der Waals surface area (Å²) < 4.78 is 0. The van der Waals surface area contributed by atoms with Gasteiger partial charge >= 0.3 is 0 Å². The van der Waals surface area contributed by atoms with Crippen LogP contribution in [0.1, 0.15) is 36.6 Å². The first-order chi connectivity index (χ1) is 8.99. The minimum atomic E-state index is 0.273. The van der Waals surface area contributed by atoms with Crippen molar-refractivity contribution in [2.75, 3.05) is 0 Å². The molecule has 0 aromatic carbocycles. The Morgan fingerprint density at radius 3 is 2.47 bits per heavy atom. The molecule has 0 fully saturated rings. The predicted octanol–water partition coefficient (Wildman–Crippen LogP) is 3.03. The molecule has 0 saturated heterocycles. The number of rotatable bonds is 4. The highest BCUT2D eigenvalue weighted by Crippen LogP contribution is 2.20. The molecule has 1 rings (SSSR count). The minimum absolute atomic E-state index is 0.273. The highest BCUT2D eigenvalue weighted by atomic mass is 14.9. The van der Waals surface area contributed by atoms with Crippen LogP contribution < -0.4 is 5.73 Å². The van der Waals surface area contributed by atoms with Gasteiger partial charge in [0.05, 0.1) is 5.69 Å². The molecule has 0 amide bonds. The summed E-state index contributed by atoms with van der Waals surface area (Å²) in [6, 6.07) is 0. The molecule has 0 aliphatic carbocycles. The van der Waals surface area contributed by atoms with Crippen LogP contribution in [0.5, 0.6) is 0 Å². The van der Waals surface area contributed by atoms with Gasteiger partial charge in [-0.25, -0.2) is 15.0 Å². The van der Waals surface area contributed by atoms with Crippen molar-refractivity contribution in [2.45, 2.75) is 27.7 Å². The number of hydrogen-bond donors (Lipinski definition) is 1. The molecule has 0 aliphatic rings. The third-order valence-corrected chi connectivity index (χ3v) is 2.54. The van der Waals surface area contributed by atoms with Gasteiger partial charge in [-0.05, 0) is 27.7 Å². The zero-order valence-corrected chi connectivity index (χ0v) is 11.9. The number of hydrogen-bond acceptors (Lipinski definition) is 4. The maximum absolute atomic E-state index is 5.46. The van der Waals surface area contributed by atoms with Gasteiger partial charge in [-0.2, -0.15) is 0 Å². The Morgan fingerprint density at radius 1 is 1.26 bits per heavy atom. The van der Waals surface area contributed by atoms with Crippen molar-refractivity contribution >= 4 is 17.9 Å². The number of aryl methyl sites for hydroxylation is 2. The molecule has 4 nitrogen and oxygen atoms in total. The molecule has 100 valence electrons. The van der Waals surface area contributed by atoms with Gasteiger partial charge in [0.1, 0.15) is 11.6 Å². The molecule has 1 aromatic heterocycles. The average molecular weight is 256 g/mol. The monoisotopic (exact) mass is 256 g/mol. The Balaban J connectivity index is 3.42. The molecule has 2 N–H and O–H groups in total. The summed E-state index contributed by atoms with van der Waals surface area (Å²) in [6.07, 6.45) is 7.59. The maximum Gasteiger partial charge on any atom is 0.126 e. The Bertz CT molecular complexity index is 566. The Hall–Kier alpha value is -2.23. The van der Waals surface area contributed by atoms with Crippen molar-refractivity contribution in [1.29, 1.82) is 0 Å². The fraction of sp³-hybridized carbons (Fsp3) is 0.267. The first kappa shape index (κ1) is 14.8. The molecule has 1 heterocycles. The van der Waals surface area contributed by atoms with E-state index in [-0.39, 0.29) is 5.82 Å². The van der Waals surface area contributed by atoms with E-state index in [9.17, 15) is 0 Å². The molecule has 0 saturated carbocycles. The van der Waals surface area contributed by atoms with Crippen molar-refractivity contribution in [1.82, 2.24) is 9.97 Å². The lowest BCUT2D eigenvalue weighted by molar-refractivity contribution is 0.992. The van der Waals surface area contributed by atoms with Crippen LogP contribution in [0.15, 0.2) is 29.5 Å². The summed E-state index contributed by atoms with van der Waals surface area (Å²) in [5.74, 6) is 1.01. The van der Waals surface area contributed by atoms with E-state index in [1.165, 1.54) is 0 Å². The van der Waals surface area contributed by atoms with Crippen LogP contribution in [0.4, 0.5) is 0 Å². The number of aromatic nitrogens is 2. The van der Waals surface area contributed by atoms with E-state index in [2.05, 4.69) is 21.5 Å². The third-order valence-electron chi connectivity index (χ3n) is 2.54. The summed E-state index contributed by atoms with van der Waals surface area (Å²) in [4.78, 5) is 12.9. The molecule has 4 heteroatoms. The molecule has 0 atom stereocenters. The fourth-order valence-corrected chi connectivity index (χ4v) is 1.73. The Labute approximate surface area is 114 Å². The first-order valence-corrected chi connectivity index (χ1v) is 6.12. The van der Waals surface area contributed by atoms with E-state index in [1.807, 2.05) is 45.9 Å². The van der Waals surface area contributed by atoms with Gasteiger partial charge in [0.25, 0.3) is 0 Å². The summed E-state index contributed by atoms with van der Waals surface area (Å²) >= 11 is 0. The summed E-state index contributed by atoms with van der Waals surface area (Å²) in [6.45, 7) is 11.3. The highest BCUT2D eigenvalue weighted by molar-refractivity contribution is 6.10. The molecule has 1 aromatic rings. The van der Waals surface area contributed by atoms with Gasteiger partial charge in [-0.15, -0.1) is 0 Å². The third kappa shape index (κ3) is 3.88. The molecular formula is C15H20N4. The second kappa shape index (κ2) is 6.64. The van der Waals surface area contributed by atoms with E-state index < -0.39 is 0 Å². The fourth-order valence-electron chi connectivity index (χ4n) is 1.73. The van der Waals surface area contributed by atoms with Crippen molar-refractivity contribution < 1.29 is 0 Å². The second-order valence-corrected chi connectivity index (χ2v) is 4.11. The molecule has 19 heavy (non-hydrogen) atoms. The summed E-state index contributed by atoms with van der Waals surface area (Å²) in [5.41, 5.74) is 9.16. The molecule has 0 spiro atoms. The van der Waals surface area contributed by atoms with Gasteiger partial charge in [-0.1, -0.05) is 24.8 Å². The normalized spacial score (nSPS) is 12.5. The number of nitrogens with zero attached hydrogens (tertiary/aromatic N) is 3. The van der Waals surface area contributed by atoms with Crippen LogP contribution >= 0.6 is 0 Å². The minimum Gasteiger partial charge on any atom is -0.384 e. The molecule has 0 unspecified atom stereocenters.